The molecular weight excluding hydrogens is 414 g/mol. The molecule has 2 heterocycles. The molecule has 1 aromatic heterocycles. The maximum absolute atomic E-state index is 12.8. The first-order valence-corrected chi connectivity index (χ1v) is 9.09. The van der Waals surface area contributed by atoms with E-state index in [1.807, 2.05) is 0 Å². The summed E-state index contributed by atoms with van der Waals surface area (Å²) in [6.45, 7) is 3.90. The van der Waals surface area contributed by atoms with Gasteiger partial charge in [0.1, 0.15) is 0 Å². The van der Waals surface area contributed by atoms with Crippen LogP contribution in [0.25, 0.3) is 0 Å². The van der Waals surface area contributed by atoms with Crippen molar-refractivity contribution in [3.8, 4) is 0 Å². The number of benzene rings is 1. The molecule has 0 spiro atoms. The van der Waals surface area contributed by atoms with Gasteiger partial charge < -0.3 is 10.0 Å². The Morgan fingerprint density at radius 3 is 2.79 bits per heavy atom. The Bertz CT molecular complexity index is 850. The molecule has 1 aliphatic rings. The summed E-state index contributed by atoms with van der Waals surface area (Å²) in [7, 11) is 0. The second-order valence-electron chi connectivity index (χ2n) is 5.43. The van der Waals surface area contributed by atoms with Crippen LogP contribution in [0.5, 0.6) is 0 Å². The van der Waals surface area contributed by atoms with Gasteiger partial charge in [-0.05, 0) is 30.3 Å². The Hall–Kier alpha value is -1.47. The Balaban J connectivity index is 2.02. The number of hydrogen-bond acceptors (Lipinski definition) is 4. The van der Waals surface area contributed by atoms with Crippen LogP contribution in [-0.4, -0.2) is 23.3 Å². The van der Waals surface area contributed by atoms with Gasteiger partial charge in [-0.1, -0.05) is 33.6 Å². The lowest BCUT2D eigenvalue weighted by Gasteiger charge is -2.21. The summed E-state index contributed by atoms with van der Waals surface area (Å²) in [4.78, 5) is 27.2. The minimum absolute atomic E-state index is 0.259. The highest BCUT2D eigenvalue weighted by atomic mass is 79.9. The number of hydrogen-bond donors (Lipinski definition) is 1. The van der Waals surface area contributed by atoms with Crippen LogP contribution in [0.3, 0.4) is 0 Å². The number of ketones is 1. The van der Waals surface area contributed by atoms with Crippen molar-refractivity contribution in [2.75, 3.05) is 11.4 Å². The standard InChI is InChI=1S/C17H13BrClNO3S/c1-2-7-20-12-4-3-10(18)8-11(12)17(23,16(20)22)9-13(21)14-5-6-15(19)24-14/h2-6,8,23H,1,7,9H2/t17-/m1/s1. The fourth-order valence-corrected chi connectivity index (χ4v) is 4.13. The number of anilines is 1. The largest absolute Gasteiger partial charge is 0.375 e. The quantitative estimate of drug-likeness (QED) is 0.577. The van der Waals surface area contributed by atoms with Crippen molar-refractivity contribution in [2.24, 2.45) is 0 Å². The highest BCUT2D eigenvalue weighted by Gasteiger charge is 2.50. The van der Waals surface area contributed by atoms with E-state index in [-0.39, 0.29) is 18.7 Å². The van der Waals surface area contributed by atoms with Crippen LogP contribution in [0, 0.1) is 0 Å². The van der Waals surface area contributed by atoms with E-state index in [1.54, 1.807) is 36.4 Å². The number of fused-ring (bicyclic) bond motifs is 1. The van der Waals surface area contributed by atoms with Crippen molar-refractivity contribution in [1.29, 1.82) is 0 Å². The monoisotopic (exact) mass is 425 g/mol. The van der Waals surface area contributed by atoms with Gasteiger partial charge in [0.25, 0.3) is 5.91 Å². The van der Waals surface area contributed by atoms with Crippen LogP contribution in [0.2, 0.25) is 4.34 Å². The molecule has 0 radical (unpaired) electrons. The Labute approximate surface area is 156 Å². The third-order valence-electron chi connectivity index (χ3n) is 3.87. The van der Waals surface area contributed by atoms with E-state index in [4.69, 9.17) is 11.6 Å². The number of aliphatic hydroxyl groups is 1. The van der Waals surface area contributed by atoms with Crippen molar-refractivity contribution in [3.05, 3.63) is 62.2 Å². The summed E-state index contributed by atoms with van der Waals surface area (Å²) < 4.78 is 1.21. The van der Waals surface area contributed by atoms with E-state index in [1.165, 1.54) is 4.90 Å². The number of amides is 1. The molecule has 24 heavy (non-hydrogen) atoms. The molecule has 0 saturated carbocycles. The normalized spacial score (nSPS) is 19.5. The Morgan fingerprint density at radius 2 is 2.17 bits per heavy atom. The molecule has 1 N–H and O–H groups in total. The van der Waals surface area contributed by atoms with Gasteiger partial charge in [0.15, 0.2) is 11.4 Å². The minimum Gasteiger partial charge on any atom is -0.375 e. The summed E-state index contributed by atoms with van der Waals surface area (Å²) in [5.74, 6) is -0.847. The molecule has 4 nitrogen and oxygen atoms in total. The number of nitrogens with zero attached hydrogens (tertiary/aromatic N) is 1. The van der Waals surface area contributed by atoms with Gasteiger partial charge in [0.05, 0.1) is 21.3 Å². The zero-order valence-corrected chi connectivity index (χ0v) is 15.6. The average molecular weight is 427 g/mol. The third-order valence-corrected chi connectivity index (χ3v) is 5.64. The van der Waals surface area contributed by atoms with Crippen molar-refractivity contribution in [3.63, 3.8) is 0 Å². The van der Waals surface area contributed by atoms with E-state index in [2.05, 4.69) is 22.5 Å². The van der Waals surface area contributed by atoms with Crippen molar-refractivity contribution in [2.45, 2.75) is 12.0 Å². The van der Waals surface area contributed by atoms with Gasteiger partial charge in [-0.2, -0.15) is 0 Å². The van der Waals surface area contributed by atoms with Crippen molar-refractivity contribution < 1.29 is 14.7 Å². The molecule has 1 aromatic carbocycles. The summed E-state index contributed by atoms with van der Waals surface area (Å²) in [5, 5.41) is 11.1. The number of halogens is 2. The van der Waals surface area contributed by atoms with Gasteiger partial charge in [-0.15, -0.1) is 17.9 Å². The second-order valence-corrected chi connectivity index (χ2v) is 8.06. The third kappa shape index (κ3) is 2.84. The predicted octanol–water partition coefficient (Wildman–Crippen LogP) is 4.16. The molecule has 0 aliphatic carbocycles. The number of rotatable bonds is 5. The Kier molecular flexibility index (Phi) is 4.66. The van der Waals surface area contributed by atoms with Gasteiger partial charge in [-0.25, -0.2) is 0 Å². The van der Waals surface area contributed by atoms with Crippen LogP contribution in [0.4, 0.5) is 5.69 Å². The predicted molar refractivity (Wildman–Crippen MR) is 98.9 cm³/mol. The molecular formula is C17H13BrClNO3S. The van der Waals surface area contributed by atoms with Crippen LogP contribution in [-0.2, 0) is 10.4 Å². The molecule has 1 aliphatic heterocycles. The van der Waals surface area contributed by atoms with E-state index in [9.17, 15) is 14.7 Å². The first-order valence-electron chi connectivity index (χ1n) is 7.10. The van der Waals surface area contributed by atoms with Gasteiger partial charge in [0.2, 0.25) is 0 Å². The van der Waals surface area contributed by atoms with E-state index in [0.29, 0.717) is 20.5 Å². The number of Topliss-reactive ketones (excluding diaryl/α,β-unsaturated/α-hetero) is 1. The molecule has 1 amide bonds. The van der Waals surface area contributed by atoms with E-state index in [0.717, 1.165) is 15.8 Å². The zero-order chi connectivity index (χ0) is 17.5. The molecule has 0 bridgehead atoms. The highest BCUT2D eigenvalue weighted by Crippen LogP contribution is 2.44. The summed E-state index contributed by atoms with van der Waals surface area (Å²) >= 11 is 10.3. The molecule has 0 fully saturated rings. The number of thiophene rings is 1. The zero-order valence-electron chi connectivity index (χ0n) is 12.5. The fraction of sp³-hybridized carbons (Fsp3) is 0.176. The van der Waals surface area contributed by atoms with Crippen LogP contribution in [0.1, 0.15) is 21.7 Å². The molecule has 7 heteroatoms. The second kappa shape index (κ2) is 6.44. The number of carbonyl (C=O) groups excluding carboxylic acids is 2. The van der Waals surface area contributed by atoms with Gasteiger partial charge >= 0.3 is 0 Å². The summed E-state index contributed by atoms with van der Waals surface area (Å²) in [6, 6.07) is 8.42. The van der Waals surface area contributed by atoms with E-state index < -0.39 is 11.5 Å². The minimum atomic E-state index is -1.89. The highest BCUT2D eigenvalue weighted by molar-refractivity contribution is 9.10. The van der Waals surface area contributed by atoms with Crippen LogP contribution in [0.15, 0.2) is 47.5 Å². The summed E-state index contributed by atoms with van der Waals surface area (Å²) in [6.07, 6.45) is 1.25. The lowest BCUT2D eigenvalue weighted by molar-refractivity contribution is -0.135. The Morgan fingerprint density at radius 1 is 1.42 bits per heavy atom. The first-order chi connectivity index (χ1) is 11.4. The van der Waals surface area contributed by atoms with Crippen LogP contribution < -0.4 is 4.90 Å². The SMILES string of the molecule is C=CCN1C(=O)[C@@](O)(CC(=O)c2ccc(Cl)s2)c2cc(Br)ccc21. The smallest absolute Gasteiger partial charge is 0.264 e. The van der Waals surface area contributed by atoms with Crippen LogP contribution >= 0.6 is 38.9 Å². The fourth-order valence-electron chi connectivity index (χ4n) is 2.79. The van der Waals surface area contributed by atoms with Crippen molar-refractivity contribution in [1.82, 2.24) is 0 Å². The molecule has 0 unspecified atom stereocenters. The molecule has 2 aromatic rings. The van der Waals surface area contributed by atoms with Gasteiger partial charge in [-0.3, -0.25) is 9.59 Å². The number of carbonyl (C=O) groups is 2. The molecule has 1 atom stereocenters. The lowest BCUT2D eigenvalue weighted by Crippen LogP contribution is -2.41. The summed E-state index contributed by atoms with van der Waals surface area (Å²) in [5.41, 5.74) is -0.891. The maximum Gasteiger partial charge on any atom is 0.264 e. The van der Waals surface area contributed by atoms with E-state index >= 15 is 0 Å². The molecule has 124 valence electrons. The van der Waals surface area contributed by atoms with Gasteiger partial charge in [0, 0.05) is 16.6 Å². The maximum atomic E-state index is 12.8. The first kappa shape index (κ1) is 17.4. The van der Waals surface area contributed by atoms with Crippen molar-refractivity contribution >= 4 is 56.2 Å². The lowest BCUT2D eigenvalue weighted by atomic mass is 9.89. The topological polar surface area (TPSA) is 57.6 Å². The average Bonchev–Trinajstić information content (AvgIpc) is 3.05. The molecule has 3 rings (SSSR count). The molecule has 0 saturated heterocycles.